The minimum absolute atomic E-state index is 0.0625. The van der Waals surface area contributed by atoms with Crippen molar-refractivity contribution < 1.29 is 9.59 Å². The highest BCUT2D eigenvalue weighted by Gasteiger charge is 2.42. The van der Waals surface area contributed by atoms with Gasteiger partial charge in [-0.15, -0.1) is 0 Å². The number of hydrogen-bond donors (Lipinski definition) is 0. The van der Waals surface area contributed by atoms with Crippen molar-refractivity contribution in [2.75, 3.05) is 0 Å². The summed E-state index contributed by atoms with van der Waals surface area (Å²) in [5.74, 6) is 0.000955. The highest BCUT2D eigenvalue weighted by atomic mass is 16.1. The molecule has 2 nitrogen and oxygen atoms in total. The van der Waals surface area contributed by atoms with Gasteiger partial charge in [-0.2, -0.15) is 0 Å². The Morgan fingerprint density at radius 1 is 1.12 bits per heavy atom. The molecule has 0 aliphatic heterocycles. The topological polar surface area (TPSA) is 34.1 Å². The van der Waals surface area contributed by atoms with Crippen LogP contribution in [0.5, 0.6) is 0 Å². The van der Waals surface area contributed by atoms with Gasteiger partial charge >= 0.3 is 0 Å². The van der Waals surface area contributed by atoms with Gasteiger partial charge in [0.2, 0.25) is 0 Å². The van der Waals surface area contributed by atoms with Gasteiger partial charge in [-0.05, 0) is 11.0 Å². The Labute approximate surface area is 95.7 Å². The molecule has 2 heteroatoms. The Morgan fingerprint density at radius 3 is 2.31 bits per heavy atom. The molecule has 1 saturated carbocycles. The van der Waals surface area contributed by atoms with Gasteiger partial charge in [0.05, 0.1) is 6.42 Å². The molecule has 1 atom stereocenters. The number of rotatable bonds is 1. The van der Waals surface area contributed by atoms with Crippen LogP contribution in [-0.4, -0.2) is 11.6 Å². The summed E-state index contributed by atoms with van der Waals surface area (Å²) in [6, 6.07) is 9.76. The van der Waals surface area contributed by atoms with Gasteiger partial charge in [0.15, 0.2) is 0 Å². The molecule has 1 unspecified atom stereocenters. The molecule has 0 aromatic heterocycles. The van der Waals surface area contributed by atoms with Crippen LogP contribution in [0.2, 0.25) is 0 Å². The van der Waals surface area contributed by atoms with E-state index in [9.17, 15) is 9.59 Å². The van der Waals surface area contributed by atoms with E-state index in [0.29, 0.717) is 6.42 Å². The van der Waals surface area contributed by atoms with Crippen LogP contribution < -0.4 is 0 Å². The Balaban J connectivity index is 2.39. The van der Waals surface area contributed by atoms with Crippen LogP contribution in [0.3, 0.4) is 0 Å². The average Bonchev–Trinajstić information content (AvgIpc) is 2.15. The maximum Gasteiger partial charge on any atom is 0.148 e. The summed E-state index contributed by atoms with van der Waals surface area (Å²) in [6.45, 7) is 4.00. The third-order valence-electron chi connectivity index (χ3n) is 3.26. The first-order chi connectivity index (χ1) is 7.50. The highest BCUT2D eigenvalue weighted by molar-refractivity contribution is 6.05. The molecule has 84 valence electrons. The van der Waals surface area contributed by atoms with Crippen molar-refractivity contribution in [3.8, 4) is 0 Å². The Morgan fingerprint density at radius 2 is 1.75 bits per heavy atom. The fourth-order valence-corrected chi connectivity index (χ4v) is 2.69. The van der Waals surface area contributed by atoms with Gasteiger partial charge < -0.3 is 0 Å². The van der Waals surface area contributed by atoms with Crippen LogP contribution in [0.15, 0.2) is 30.3 Å². The largest absolute Gasteiger partial charge is 0.299 e. The highest BCUT2D eigenvalue weighted by Crippen LogP contribution is 2.43. The van der Waals surface area contributed by atoms with Crippen LogP contribution in [0, 0.1) is 5.41 Å². The lowest BCUT2D eigenvalue weighted by Crippen LogP contribution is -2.37. The SMILES string of the molecule is CC1(C)CC(=O)CC(=O)C1c1ccccc1. The summed E-state index contributed by atoms with van der Waals surface area (Å²) in [6.07, 6.45) is 0.599. The van der Waals surface area contributed by atoms with E-state index in [0.717, 1.165) is 5.56 Å². The lowest BCUT2D eigenvalue weighted by Gasteiger charge is -2.36. The van der Waals surface area contributed by atoms with Crippen molar-refractivity contribution >= 4 is 11.6 Å². The van der Waals surface area contributed by atoms with Crippen molar-refractivity contribution in [2.45, 2.75) is 32.6 Å². The predicted molar refractivity (Wildman–Crippen MR) is 62.2 cm³/mol. The molecule has 1 aliphatic carbocycles. The smallest absolute Gasteiger partial charge is 0.148 e. The monoisotopic (exact) mass is 216 g/mol. The standard InChI is InChI=1S/C14H16O2/c1-14(2)9-11(15)8-12(16)13(14)10-6-4-3-5-7-10/h3-7,13H,8-9H2,1-2H3. The van der Waals surface area contributed by atoms with Crippen molar-refractivity contribution in [3.63, 3.8) is 0 Å². The van der Waals surface area contributed by atoms with Crippen molar-refractivity contribution in [1.82, 2.24) is 0 Å². The molecule has 0 N–H and O–H groups in total. The fraction of sp³-hybridized carbons (Fsp3) is 0.429. The van der Waals surface area contributed by atoms with Gasteiger partial charge in [-0.25, -0.2) is 0 Å². The predicted octanol–water partition coefficient (Wildman–Crippen LogP) is 2.73. The zero-order valence-electron chi connectivity index (χ0n) is 9.69. The second-order valence-corrected chi connectivity index (χ2v) is 5.19. The number of ketones is 2. The van der Waals surface area contributed by atoms with Crippen LogP contribution in [0.25, 0.3) is 0 Å². The normalized spacial score (nSPS) is 24.5. The van der Waals surface area contributed by atoms with E-state index in [1.165, 1.54) is 0 Å². The molecule has 0 amide bonds. The molecule has 1 aromatic carbocycles. The van der Waals surface area contributed by atoms with E-state index in [-0.39, 0.29) is 29.3 Å². The lowest BCUT2D eigenvalue weighted by molar-refractivity contribution is -0.135. The van der Waals surface area contributed by atoms with Crippen LogP contribution in [0.4, 0.5) is 0 Å². The molecule has 16 heavy (non-hydrogen) atoms. The Hall–Kier alpha value is -1.44. The first-order valence-corrected chi connectivity index (χ1v) is 5.60. The minimum atomic E-state index is -0.256. The van der Waals surface area contributed by atoms with E-state index in [4.69, 9.17) is 0 Å². The third-order valence-corrected chi connectivity index (χ3v) is 3.26. The zero-order valence-corrected chi connectivity index (χ0v) is 9.69. The number of benzene rings is 1. The quantitative estimate of drug-likeness (QED) is 0.676. The summed E-state index contributed by atoms with van der Waals surface area (Å²) < 4.78 is 0. The second-order valence-electron chi connectivity index (χ2n) is 5.19. The molecule has 1 fully saturated rings. The summed E-state index contributed by atoms with van der Waals surface area (Å²) in [4.78, 5) is 23.4. The van der Waals surface area contributed by atoms with Crippen molar-refractivity contribution in [2.24, 2.45) is 5.41 Å². The molecular formula is C14H16O2. The second kappa shape index (κ2) is 3.85. The first-order valence-electron chi connectivity index (χ1n) is 5.60. The zero-order chi connectivity index (χ0) is 11.8. The summed E-state index contributed by atoms with van der Waals surface area (Å²) in [5, 5.41) is 0. The van der Waals surface area contributed by atoms with Crippen LogP contribution in [0.1, 0.15) is 38.2 Å². The molecule has 2 rings (SSSR count). The van der Waals surface area contributed by atoms with E-state index < -0.39 is 0 Å². The number of carbonyl (C=O) groups excluding carboxylic acids is 2. The maximum absolute atomic E-state index is 12.0. The van der Waals surface area contributed by atoms with Crippen LogP contribution >= 0.6 is 0 Å². The maximum atomic E-state index is 12.0. The third kappa shape index (κ3) is 1.92. The first kappa shape index (κ1) is 11.1. The van der Waals surface area contributed by atoms with E-state index in [2.05, 4.69) is 0 Å². The fourth-order valence-electron chi connectivity index (χ4n) is 2.69. The van der Waals surface area contributed by atoms with E-state index in [1.54, 1.807) is 0 Å². The number of Topliss-reactive ketones (excluding diaryl/α,β-unsaturated/α-hetero) is 2. The van der Waals surface area contributed by atoms with Crippen molar-refractivity contribution in [3.05, 3.63) is 35.9 Å². The molecule has 0 saturated heterocycles. The summed E-state index contributed by atoms with van der Waals surface area (Å²) in [5.41, 5.74) is 0.776. The molecule has 0 bridgehead atoms. The average molecular weight is 216 g/mol. The van der Waals surface area contributed by atoms with Gasteiger partial charge in [-0.3, -0.25) is 9.59 Å². The molecule has 0 heterocycles. The Bertz CT molecular complexity index is 418. The minimum Gasteiger partial charge on any atom is -0.299 e. The van der Waals surface area contributed by atoms with E-state index in [1.807, 2.05) is 44.2 Å². The molecule has 1 aromatic rings. The molecular weight excluding hydrogens is 200 g/mol. The summed E-state index contributed by atoms with van der Waals surface area (Å²) >= 11 is 0. The number of carbonyl (C=O) groups is 2. The molecule has 0 radical (unpaired) electrons. The van der Waals surface area contributed by atoms with Gasteiger partial charge in [0.25, 0.3) is 0 Å². The molecule has 0 spiro atoms. The lowest BCUT2D eigenvalue weighted by atomic mass is 9.65. The Kier molecular flexibility index (Phi) is 2.66. The van der Waals surface area contributed by atoms with Gasteiger partial charge in [-0.1, -0.05) is 44.2 Å². The number of hydrogen-bond acceptors (Lipinski definition) is 2. The summed E-state index contributed by atoms with van der Waals surface area (Å²) in [7, 11) is 0. The van der Waals surface area contributed by atoms with E-state index >= 15 is 0 Å². The van der Waals surface area contributed by atoms with Crippen LogP contribution in [-0.2, 0) is 9.59 Å². The van der Waals surface area contributed by atoms with Gasteiger partial charge in [0.1, 0.15) is 11.6 Å². The molecule has 1 aliphatic rings. The van der Waals surface area contributed by atoms with Gasteiger partial charge in [0, 0.05) is 12.3 Å². The van der Waals surface area contributed by atoms with Crippen molar-refractivity contribution in [1.29, 1.82) is 0 Å².